The topological polar surface area (TPSA) is 40.5 Å². The van der Waals surface area contributed by atoms with Crippen LogP contribution in [0.15, 0.2) is 163 Å². The predicted molar refractivity (Wildman–Crippen MR) is 232 cm³/mol. The first-order valence-electron chi connectivity index (χ1n) is 18.2. The Morgan fingerprint density at radius 2 is 1.08 bits per heavy atom. The zero-order valence-electron chi connectivity index (χ0n) is 30.4. The minimum atomic E-state index is 0.323. The average Bonchev–Trinajstić information content (AvgIpc) is 3.18. The highest BCUT2D eigenvalue weighted by atomic mass is 32.2. The summed E-state index contributed by atoms with van der Waals surface area (Å²) in [5.41, 5.74) is 8.97. The Morgan fingerprint density at radius 1 is 0.547 bits per heavy atom. The molecule has 2 nitrogen and oxygen atoms in total. The molecule has 0 aromatic heterocycles. The van der Waals surface area contributed by atoms with Gasteiger partial charge in [0.1, 0.15) is 11.5 Å². The maximum atomic E-state index is 11.7. The molecule has 0 spiro atoms. The lowest BCUT2D eigenvalue weighted by Gasteiger charge is -2.16. The SMILES string of the molecule is Cc1cc(C/C=C\C=C/C(C)SCCSc2ccccc2-c2cc(C)cc(-c3cccc4ccccc34)c2O)c(O)c(-c2cccc3ccccc23)c1. The lowest BCUT2D eigenvalue weighted by Crippen LogP contribution is -1.95. The Kier molecular flexibility index (Phi) is 11.4. The first kappa shape index (κ1) is 36.2. The van der Waals surface area contributed by atoms with Crippen molar-refractivity contribution in [2.45, 2.75) is 37.3 Å². The van der Waals surface area contributed by atoms with Crippen LogP contribution in [0.1, 0.15) is 23.6 Å². The van der Waals surface area contributed by atoms with E-state index in [2.05, 4.69) is 166 Å². The second-order valence-electron chi connectivity index (χ2n) is 13.5. The molecule has 7 aromatic carbocycles. The number of fused-ring (bicyclic) bond motifs is 2. The second kappa shape index (κ2) is 16.7. The number of thioether (sulfide) groups is 2. The third-order valence-corrected chi connectivity index (χ3v) is 12.1. The van der Waals surface area contributed by atoms with E-state index in [1.54, 1.807) is 0 Å². The monoisotopic (exact) mass is 728 g/mol. The molecule has 0 bridgehead atoms. The summed E-state index contributed by atoms with van der Waals surface area (Å²) in [6.07, 6.45) is 9.22. The van der Waals surface area contributed by atoms with Gasteiger partial charge in [-0.3, -0.25) is 0 Å². The van der Waals surface area contributed by atoms with Crippen LogP contribution < -0.4 is 0 Å². The van der Waals surface area contributed by atoms with E-state index in [-0.39, 0.29) is 0 Å². The average molecular weight is 729 g/mol. The Morgan fingerprint density at radius 3 is 1.75 bits per heavy atom. The molecule has 0 amide bonds. The van der Waals surface area contributed by atoms with Crippen LogP contribution in [0.2, 0.25) is 0 Å². The highest BCUT2D eigenvalue weighted by molar-refractivity contribution is 8.03. The maximum absolute atomic E-state index is 11.7. The quantitative estimate of drug-likeness (QED) is 0.0747. The molecule has 0 aliphatic rings. The molecule has 0 saturated heterocycles. The summed E-state index contributed by atoms with van der Waals surface area (Å²) in [4.78, 5) is 1.17. The van der Waals surface area contributed by atoms with Gasteiger partial charge in [-0.25, -0.2) is 0 Å². The van der Waals surface area contributed by atoms with E-state index in [1.165, 1.54) is 10.3 Å². The van der Waals surface area contributed by atoms with E-state index in [0.717, 1.165) is 77.7 Å². The number of phenols is 2. The molecule has 7 aromatic rings. The van der Waals surface area contributed by atoms with Crippen LogP contribution in [0.5, 0.6) is 11.5 Å². The van der Waals surface area contributed by atoms with Gasteiger partial charge in [-0.2, -0.15) is 11.8 Å². The molecular weight excluding hydrogens is 685 g/mol. The van der Waals surface area contributed by atoms with Crippen LogP contribution in [0, 0.1) is 13.8 Å². The van der Waals surface area contributed by atoms with Crippen LogP contribution in [0.4, 0.5) is 0 Å². The molecule has 0 saturated carbocycles. The molecule has 1 unspecified atom stereocenters. The van der Waals surface area contributed by atoms with Crippen LogP contribution >= 0.6 is 23.5 Å². The summed E-state index contributed by atoms with van der Waals surface area (Å²) in [6, 6.07) is 46.0. The molecular formula is C49H44O2S2. The molecule has 0 heterocycles. The number of aromatic hydroxyl groups is 2. The molecule has 0 aliphatic heterocycles. The van der Waals surface area contributed by atoms with Crippen molar-refractivity contribution in [3.63, 3.8) is 0 Å². The van der Waals surface area contributed by atoms with Crippen LogP contribution in [-0.4, -0.2) is 27.0 Å². The number of benzene rings is 7. The third kappa shape index (κ3) is 8.25. The Labute approximate surface area is 321 Å². The molecule has 53 heavy (non-hydrogen) atoms. The number of hydrogen-bond donors (Lipinski definition) is 2. The van der Waals surface area contributed by atoms with Gasteiger partial charge in [-0.15, -0.1) is 11.8 Å². The van der Waals surface area contributed by atoms with Crippen molar-refractivity contribution < 1.29 is 10.2 Å². The van der Waals surface area contributed by atoms with Gasteiger partial charge in [0.05, 0.1) is 0 Å². The van der Waals surface area contributed by atoms with Crippen molar-refractivity contribution in [3.8, 4) is 44.9 Å². The third-order valence-electron chi connectivity index (χ3n) is 9.61. The van der Waals surface area contributed by atoms with E-state index in [9.17, 15) is 10.2 Å². The van der Waals surface area contributed by atoms with Gasteiger partial charge >= 0.3 is 0 Å². The number of rotatable bonds is 12. The fourth-order valence-corrected chi connectivity index (χ4v) is 9.10. The van der Waals surface area contributed by atoms with Gasteiger partial charge < -0.3 is 10.2 Å². The van der Waals surface area contributed by atoms with Crippen molar-refractivity contribution >= 4 is 45.1 Å². The minimum Gasteiger partial charge on any atom is -0.507 e. The van der Waals surface area contributed by atoms with Crippen molar-refractivity contribution in [1.82, 2.24) is 0 Å². The van der Waals surface area contributed by atoms with Gasteiger partial charge in [0.25, 0.3) is 0 Å². The number of aryl methyl sites for hydroxylation is 2. The van der Waals surface area contributed by atoms with Crippen molar-refractivity contribution in [2.75, 3.05) is 11.5 Å². The second-order valence-corrected chi connectivity index (χ2v) is 16.1. The lowest BCUT2D eigenvalue weighted by molar-refractivity contribution is 0.471. The molecule has 0 fully saturated rings. The van der Waals surface area contributed by atoms with Crippen LogP contribution in [-0.2, 0) is 6.42 Å². The standard InChI is InChI=1S/C49H44O2S2/c1-33-29-38(48(50)44(30-33)41-24-13-19-36-16-7-9-21-39(36)41)18-6-4-5-15-35(3)52-27-28-53-47-26-12-11-23-43(47)46-32-34(2)31-45(49(46)51)42-25-14-20-37-17-8-10-22-40(37)42/h4-17,19-26,29-32,35,50-51H,18,27-28H2,1-3H3/b6-4-,15-5-. The van der Waals surface area contributed by atoms with Gasteiger partial charge in [0.15, 0.2) is 0 Å². The largest absolute Gasteiger partial charge is 0.507 e. The van der Waals surface area contributed by atoms with Crippen LogP contribution in [0.3, 0.4) is 0 Å². The fraction of sp³-hybridized carbons (Fsp3) is 0.143. The molecule has 2 N–H and O–H groups in total. The van der Waals surface area contributed by atoms with Gasteiger partial charge in [-0.1, -0.05) is 133 Å². The molecule has 0 aliphatic carbocycles. The Hall–Kier alpha value is -5.16. The molecule has 1 atom stereocenters. The highest BCUT2D eigenvalue weighted by Crippen LogP contribution is 2.44. The zero-order valence-corrected chi connectivity index (χ0v) is 32.1. The predicted octanol–water partition coefficient (Wildman–Crippen LogP) is 13.6. The Bertz CT molecular complexity index is 2450. The molecule has 264 valence electrons. The summed E-state index contributed by atoms with van der Waals surface area (Å²) in [5, 5.41) is 28.0. The lowest BCUT2D eigenvalue weighted by atomic mass is 9.92. The number of hydrogen-bond acceptors (Lipinski definition) is 4. The van der Waals surface area contributed by atoms with Crippen molar-refractivity contribution in [3.05, 3.63) is 174 Å². The molecule has 0 radical (unpaired) electrons. The maximum Gasteiger partial charge on any atom is 0.131 e. The van der Waals surface area contributed by atoms with Gasteiger partial charge in [0.2, 0.25) is 0 Å². The summed E-state index contributed by atoms with van der Waals surface area (Å²) in [7, 11) is 0. The normalized spacial score (nSPS) is 12.4. The summed E-state index contributed by atoms with van der Waals surface area (Å²) in [5.74, 6) is 2.64. The van der Waals surface area contributed by atoms with E-state index >= 15 is 0 Å². The summed E-state index contributed by atoms with van der Waals surface area (Å²) >= 11 is 3.77. The summed E-state index contributed by atoms with van der Waals surface area (Å²) < 4.78 is 0. The first-order chi connectivity index (χ1) is 25.9. The van der Waals surface area contributed by atoms with Crippen molar-refractivity contribution in [2.24, 2.45) is 0 Å². The van der Waals surface area contributed by atoms with Gasteiger partial charge in [-0.05, 0) is 106 Å². The van der Waals surface area contributed by atoms with E-state index in [4.69, 9.17) is 0 Å². The Balaban J connectivity index is 0.967. The number of allylic oxidation sites excluding steroid dienone is 3. The van der Waals surface area contributed by atoms with Crippen molar-refractivity contribution in [1.29, 1.82) is 0 Å². The fourth-order valence-electron chi connectivity index (χ4n) is 7.08. The highest BCUT2D eigenvalue weighted by Gasteiger charge is 2.17. The van der Waals surface area contributed by atoms with E-state index in [1.807, 2.05) is 35.7 Å². The van der Waals surface area contributed by atoms with E-state index in [0.29, 0.717) is 23.2 Å². The number of phenolic OH excluding ortho intramolecular Hbond substituents is 2. The smallest absolute Gasteiger partial charge is 0.131 e. The van der Waals surface area contributed by atoms with Gasteiger partial charge in [0, 0.05) is 38.3 Å². The first-order valence-corrected chi connectivity index (χ1v) is 20.2. The van der Waals surface area contributed by atoms with E-state index < -0.39 is 0 Å². The van der Waals surface area contributed by atoms with Crippen LogP contribution in [0.25, 0.3) is 54.9 Å². The molecule has 7 rings (SSSR count). The molecule has 4 heteroatoms. The zero-order chi connectivity index (χ0) is 36.7. The summed E-state index contributed by atoms with van der Waals surface area (Å²) in [6.45, 7) is 6.42. The minimum absolute atomic E-state index is 0.323.